The zero-order valence-corrected chi connectivity index (χ0v) is 19.0. The van der Waals surface area contributed by atoms with Gasteiger partial charge in [0.15, 0.2) is 11.5 Å². The second-order valence-corrected chi connectivity index (χ2v) is 7.53. The Morgan fingerprint density at radius 2 is 1.67 bits per heavy atom. The van der Waals surface area contributed by atoms with E-state index in [4.69, 9.17) is 14.2 Å². The van der Waals surface area contributed by atoms with Gasteiger partial charge in [0.1, 0.15) is 0 Å². The van der Waals surface area contributed by atoms with E-state index in [2.05, 4.69) is 15.4 Å². The maximum Gasteiger partial charge on any atom is 0.240 e. The molecule has 2 aromatic carbocycles. The van der Waals surface area contributed by atoms with Crippen molar-refractivity contribution in [3.05, 3.63) is 72.1 Å². The Morgan fingerprint density at radius 3 is 2.27 bits per heavy atom. The van der Waals surface area contributed by atoms with Gasteiger partial charge in [0.25, 0.3) is 0 Å². The highest BCUT2D eigenvalue weighted by atomic mass is 16.5. The first-order chi connectivity index (χ1) is 16.0. The fourth-order valence-electron chi connectivity index (χ4n) is 3.91. The van der Waals surface area contributed by atoms with Gasteiger partial charge in [-0.3, -0.25) is 9.78 Å². The van der Waals surface area contributed by atoms with Crippen LogP contribution >= 0.6 is 0 Å². The van der Waals surface area contributed by atoms with Crippen LogP contribution in [0.25, 0.3) is 0 Å². The third kappa shape index (κ3) is 4.59. The molecule has 1 N–H and O–H groups in total. The van der Waals surface area contributed by atoms with Crippen LogP contribution in [0.1, 0.15) is 30.5 Å². The molecule has 8 nitrogen and oxygen atoms in total. The molecule has 0 bridgehead atoms. The summed E-state index contributed by atoms with van der Waals surface area (Å²) < 4.78 is 16.4. The van der Waals surface area contributed by atoms with Crippen molar-refractivity contribution in [2.75, 3.05) is 26.6 Å². The number of carbonyl (C=O) groups is 1. The van der Waals surface area contributed by atoms with Crippen molar-refractivity contribution in [1.29, 1.82) is 0 Å². The molecule has 1 amide bonds. The number of methoxy groups -OCH3 is 3. The van der Waals surface area contributed by atoms with Crippen molar-refractivity contribution in [2.45, 2.75) is 19.4 Å². The third-order valence-corrected chi connectivity index (χ3v) is 5.47. The Bertz CT molecular complexity index is 1160. The number of aromatic nitrogens is 1. The molecule has 170 valence electrons. The molecule has 0 saturated heterocycles. The van der Waals surface area contributed by atoms with Crippen molar-refractivity contribution >= 4 is 23.0 Å². The Labute approximate surface area is 192 Å². The minimum atomic E-state index is -0.289. The molecule has 0 spiro atoms. The molecule has 1 aromatic heterocycles. The monoisotopic (exact) mass is 446 g/mol. The summed E-state index contributed by atoms with van der Waals surface area (Å²) in [7, 11) is 4.70. The maximum atomic E-state index is 12.5. The van der Waals surface area contributed by atoms with Gasteiger partial charge in [0.2, 0.25) is 11.7 Å². The topological polar surface area (TPSA) is 85.3 Å². The van der Waals surface area contributed by atoms with E-state index >= 15 is 0 Å². The predicted molar refractivity (Wildman–Crippen MR) is 126 cm³/mol. The van der Waals surface area contributed by atoms with Crippen LogP contribution in [0.4, 0.5) is 11.4 Å². The average molecular weight is 447 g/mol. The number of hydrogen-bond donors (Lipinski definition) is 1. The SMILES string of the molecule is COc1cc(C2CC(c3cccc(Nc4ccncc4)c3)=NN2C(C)=O)cc(OC)c1OC. The molecule has 8 heteroatoms. The minimum absolute atomic E-state index is 0.144. The predicted octanol–water partition coefficient (Wildman–Crippen LogP) is 4.55. The number of amides is 1. The van der Waals surface area contributed by atoms with Gasteiger partial charge in [-0.1, -0.05) is 12.1 Å². The van der Waals surface area contributed by atoms with E-state index in [1.54, 1.807) is 33.7 Å². The summed E-state index contributed by atoms with van der Waals surface area (Å²) in [6.45, 7) is 1.51. The molecule has 1 aliphatic heterocycles. The van der Waals surface area contributed by atoms with Crippen molar-refractivity contribution in [3.8, 4) is 17.2 Å². The quantitative estimate of drug-likeness (QED) is 0.573. The number of carbonyl (C=O) groups excluding carboxylic acids is 1. The third-order valence-electron chi connectivity index (χ3n) is 5.47. The van der Waals surface area contributed by atoms with E-state index in [0.29, 0.717) is 23.7 Å². The molecule has 1 atom stereocenters. The molecule has 1 unspecified atom stereocenters. The second-order valence-electron chi connectivity index (χ2n) is 7.53. The lowest BCUT2D eigenvalue weighted by Crippen LogP contribution is -2.24. The molecule has 2 heterocycles. The Balaban J connectivity index is 1.65. The summed E-state index contributed by atoms with van der Waals surface area (Å²) in [4.78, 5) is 16.5. The summed E-state index contributed by atoms with van der Waals surface area (Å²) in [6.07, 6.45) is 4.02. The molecular weight excluding hydrogens is 420 g/mol. The molecule has 33 heavy (non-hydrogen) atoms. The molecule has 1 aliphatic rings. The van der Waals surface area contributed by atoms with Gasteiger partial charge in [0, 0.05) is 37.1 Å². The fraction of sp³-hybridized carbons (Fsp3) is 0.240. The van der Waals surface area contributed by atoms with Crippen LogP contribution in [0.15, 0.2) is 66.0 Å². The van der Waals surface area contributed by atoms with Crippen LogP contribution in [0.2, 0.25) is 0 Å². The number of benzene rings is 2. The van der Waals surface area contributed by atoms with Crippen LogP contribution in [-0.2, 0) is 4.79 Å². The maximum absolute atomic E-state index is 12.5. The average Bonchev–Trinajstić information content (AvgIpc) is 3.30. The fourth-order valence-corrected chi connectivity index (χ4v) is 3.91. The zero-order valence-electron chi connectivity index (χ0n) is 19.0. The molecule has 0 saturated carbocycles. The van der Waals surface area contributed by atoms with Gasteiger partial charge in [-0.25, -0.2) is 5.01 Å². The highest BCUT2D eigenvalue weighted by Gasteiger charge is 2.33. The highest BCUT2D eigenvalue weighted by Crippen LogP contribution is 2.43. The second kappa shape index (κ2) is 9.60. The molecule has 4 rings (SSSR count). The van der Waals surface area contributed by atoms with Gasteiger partial charge in [-0.2, -0.15) is 5.10 Å². The van der Waals surface area contributed by atoms with Gasteiger partial charge < -0.3 is 19.5 Å². The number of anilines is 2. The van der Waals surface area contributed by atoms with Crippen molar-refractivity contribution in [3.63, 3.8) is 0 Å². The summed E-state index contributed by atoms with van der Waals surface area (Å²) >= 11 is 0. The van der Waals surface area contributed by atoms with Crippen LogP contribution in [0.5, 0.6) is 17.2 Å². The number of pyridine rings is 1. The van der Waals surface area contributed by atoms with Crippen LogP contribution < -0.4 is 19.5 Å². The van der Waals surface area contributed by atoms with Crippen LogP contribution in [0.3, 0.4) is 0 Å². The number of nitrogens with one attached hydrogen (secondary N) is 1. The van der Waals surface area contributed by atoms with Crippen molar-refractivity contribution in [2.24, 2.45) is 5.10 Å². The first-order valence-corrected chi connectivity index (χ1v) is 10.5. The zero-order chi connectivity index (χ0) is 23.4. The lowest BCUT2D eigenvalue weighted by molar-refractivity contribution is -0.130. The number of ether oxygens (including phenoxy) is 3. The van der Waals surface area contributed by atoms with Crippen LogP contribution in [-0.4, -0.2) is 42.9 Å². The molecule has 0 aliphatic carbocycles. The Kier molecular flexibility index (Phi) is 6.44. The van der Waals surface area contributed by atoms with E-state index in [9.17, 15) is 4.79 Å². The number of hydrazone groups is 1. The largest absolute Gasteiger partial charge is 0.493 e. The summed E-state index contributed by atoms with van der Waals surface area (Å²) in [6, 6.07) is 15.2. The molecule has 0 radical (unpaired) electrons. The Morgan fingerprint density at radius 1 is 0.970 bits per heavy atom. The lowest BCUT2D eigenvalue weighted by atomic mass is 9.97. The number of rotatable bonds is 7. The first kappa shape index (κ1) is 22.1. The standard InChI is InChI=1S/C25H26N4O4/c1-16(30)29-22(18-13-23(31-2)25(33-4)24(14-18)32-3)15-21(28-29)17-6-5-7-20(12-17)27-19-8-10-26-11-9-19/h5-14,22H,15H2,1-4H3,(H,26,27). The Hall–Kier alpha value is -4.07. The normalized spacial score (nSPS) is 15.1. The molecule has 3 aromatic rings. The van der Waals surface area contributed by atoms with E-state index in [1.807, 2.05) is 48.5 Å². The van der Waals surface area contributed by atoms with Gasteiger partial charge >= 0.3 is 0 Å². The summed E-state index contributed by atoms with van der Waals surface area (Å²) in [5.74, 6) is 1.43. The van der Waals surface area contributed by atoms with Gasteiger partial charge in [-0.15, -0.1) is 0 Å². The van der Waals surface area contributed by atoms with Crippen molar-refractivity contribution < 1.29 is 19.0 Å². The number of nitrogens with zero attached hydrogens (tertiary/aromatic N) is 3. The minimum Gasteiger partial charge on any atom is -0.493 e. The van der Waals surface area contributed by atoms with E-state index in [-0.39, 0.29) is 11.9 Å². The van der Waals surface area contributed by atoms with Gasteiger partial charge in [0.05, 0.1) is 33.1 Å². The van der Waals surface area contributed by atoms with E-state index < -0.39 is 0 Å². The molecule has 0 fully saturated rings. The highest BCUT2D eigenvalue weighted by molar-refractivity contribution is 6.03. The first-order valence-electron chi connectivity index (χ1n) is 10.5. The summed E-state index contributed by atoms with van der Waals surface area (Å²) in [5.41, 5.74) is 4.48. The smallest absolute Gasteiger partial charge is 0.240 e. The van der Waals surface area contributed by atoms with Crippen molar-refractivity contribution in [1.82, 2.24) is 9.99 Å². The summed E-state index contributed by atoms with van der Waals surface area (Å²) in [5, 5.41) is 9.54. The van der Waals surface area contributed by atoms with E-state index in [1.165, 1.54) is 11.9 Å². The van der Waals surface area contributed by atoms with Crippen LogP contribution in [0, 0.1) is 0 Å². The number of hydrogen-bond acceptors (Lipinski definition) is 7. The van der Waals surface area contributed by atoms with Gasteiger partial charge in [-0.05, 0) is 47.5 Å². The lowest BCUT2D eigenvalue weighted by Gasteiger charge is -2.22. The van der Waals surface area contributed by atoms with E-state index in [0.717, 1.165) is 28.2 Å². The molecular formula is C25H26N4O4.